The number of hydrogen-bond acceptors (Lipinski definition) is 1. The second-order valence-electron chi connectivity index (χ2n) is 3.39. The summed E-state index contributed by atoms with van der Waals surface area (Å²) in [5.41, 5.74) is -2.80. The van der Waals surface area contributed by atoms with Gasteiger partial charge in [-0.15, -0.1) is 0 Å². The molecule has 1 aromatic carbocycles. The molecule has 1 rings (SSSR count). The maximum atomic E-state index is 12.3. The molecular formula is C13H13F3S. The lowest BCUT2D eigenvalue weighted by Crippen LogP contribution is -2.00. The smallest absolute Gasteiger partial charge is 0.160 e. The summed E-state index contributed by atoms with van der Waals surface area (Å²) in [6.45, 7) is 3.83. The molecule has 4 heteroatoms. The number of aryl methyl sites for hydroxylation is 1. The first-order chi connectivity index (χ1) is 7.96. The topological polar surface area (TPSA) is 0 Å². The standard InChI is InChI=1S/C13H13F3S/c1-3-5-6-11-9-10(4-2)7-8-12(11)17-13(14,15)16/h7-9H,3-4H2,1-2H3. The first-order valence-corrected chi connectivity index (χ1v) is 6.15. The summed E-state index contributed by atoms with van der Waals surface area (Å²) >= 11 is -0.106. The van der Waals surface area contributed by atoms with Crippen molar-refractivity contribution in [3.63, 3.8) is 0 Å². The number of thioether (sulfide) groups is 1. The van der Waals surface area contributed by atoms with Crippen LogP contribution in [0.1, 0.15) is 31.4 Å². The SMILES string of the molecule is CCC#Cc1cc(CC)ccc1SC(F)(F)F. The Morgan fingerprint density at radius 2 is 1.94 bits per heavy atom. The van der Waals surface area contributed by atoms with Crippen molar-refractivity contribution in [3.8, 4) is 11.8 Å². The maximum Gasteiger partial charge on any atom is 0.446 e. The van der Waals surface area contributed by atoms with Gasteiger partial charge in [0.2, 0.25) is 0 Å². The lowest BCUT2D eigenvalue weighted by atomic mass is 10.1. The predicted octanol–water partition coefficient (Wildman–Crippen LogP) is 4.62. The number of hydrogen-bond donors (Lipinski definition) is 0. The number of alkyl halides is 3. The van der Waals surface area contributed by atoms with E-state index in [9.17, 15) is 13.2 Å². The number of halogens is 3. The normalized spacial score (nSPS) is 10.9. The van der Waals surface area contributed by atoms with Crippen molar-refractivity contribution in [3.05, 3.63) is 29.3 Å². The van der Waals surface area contributed by atoms with Gasteiger partial charge < -0.3 is 0 Å². The van der Waals surface area contributed by atoms with Gasteiger partial charge in [-0.05, 0) is 35.9 Å². The highest BCUT2D eigenvalue weighted by Gasteiger charge is 2.30. The van der Waals surface area contributed by atoms with Gasteiger partial charge in [-0.3, -0.25) is 0 Å². The Balaban J connectivity index is 3.11. The van der Waals surface area contributed by atoms with E-state index in [1.807, 2.05) is 13.8 Å². The zero-order valence-corrected chi connectivity index (χ0v) is 10.5. The van der Waals surface area contributed by atoms with E-state index in [2.05, 4.69) is 11.8 Å². The molecule has 0 aliphatic rings. The highest BCUT2D eigenvalue weighted by molar-refractivity contribution is 8.00. The second-order valence-corrected chi connectivity index (χ2v) is 4.49. The molecule has 0 aliphatic carbocycles. The summed E-state index contributed by atoms with van der Waals surface area (Å²) in [6, 6.07) is 4.94. The van der Waals surface area contributed by atoms with Crippen LogP contribution in [0.2, 0.25) is 0 Å². The van der Waals surface area contributed by atoms with Gasteiger partial charge in [0.1, 0.15) is 0 Å². The fourth-order valence-corrected chi connectivity index (χ4v) is 1.90. The summed E-state index contributed by atoms with van der Waals surface area (Å²) < 4.78 is 37.0. The molecule has 0 bridgehead atoms. The van der Waals surface area contributed by atoms with Crippen molar-refractivity contribution >= 4 is 11.8 Å². The van der Waals surface area contributed by atoms with E-state index in [-0.39, 0.29) is 16.7 Å². The monoisotopic (exact) mass is 258 g/mol. The Morgan fingerprint density at radius 3 is 2.47 bits per heavy atom. The van der Waals surface area contributed by atoms with Crippen LogP contribution < -0.4 is 0 Å². The van der Waals surface area contributed by atoms with E-state index in [0.717, 1.165) is 12.0 Å². The summed E-state index contributed by atoms with van der Waals surface area (Å²) in [7, 11) is 0. The van der Waals surface area contributed by atoms with Crippen LogP contribution in [0.25, 0.3) is 0 Å². The molecule has 0 radical (unpaired) electrons. The minimum Gasteiger partial charge on any atom is -0.160 e. The summed E-state index contributed by atoms with van der Waals surface area (Å²) in [4.78, 5) is 0.177. The first-order valence-electron chi connectivity index (χ1n) is 5.33. The predicted molar refractivity (Wildman–Crippen MR) is 64.9 cm³/mol. The van der Waals surface area contributed by atoms with Crippen LogP contribution >= 0.6 is 11.8 Å². The Kier molecular flexibility index (Phi) is 4.95. The van der Waals surface area contributed by atoms with Crippen molar-refractivity contribution in [1.82, 2.24) is 0 Å². The van der Waals surface area contributed by atoms with E-state index >= 15 is 0 Å². The molecule has 0 nitrogen and oxygen atoms in total. The van der Waals surface area contributed by atoms with E-state index < -0.39 is 5.51 Å². The molecule has 0 spiro atoms. The van der Waals surface area contributed by atoms with Crippen LogP contribution in [0.5, 0.6) is 0 Å². The van der Waals surface area contributed by atoms with Gasteiger partial charge in [0.15, 0.2) is 0 Å². The molecule has 0 atom stereocenters. The minimum absolute atomic E-state index is 0.106. The van der Waals surface area contributed by atoms with Crippen LogP contribution in [0.15, 0.2) is 23.1 Å². The van der Waals surface area contributed by atoms with Crippen LogP contribution in [-0.2, 0) is 6.42 Å². The summed E-state index contributed by atoms with van der Waals surface area (Å²) in [6.07, 6.45) is 1.42. The van der Waals surface area contributed by atoms with Crippen LogP contribution in [-0.4, -0.2) is 5.51 Å². The largest absolute Gasteiger partial charge is 0.446 e. The van der Waals surface area contributed by atoms with E-state index in [0.29, 0.717) is 12.0 Å². The minimum atomic E-state index is -4.27. The van der Waals surface area contributed by atoms with Crippen LogP contribution in [0.4, 0.5) is 13.2 Å². The zero-order valence-electron chi connectivity index (χ0n) is 9.69. The van der Waals surface area contributed by atoms with Crippen molar-refractivity contribution in [1.29, 1.82) is 0 Å². The molecule has 0 saturated carbocycles. The molecule has 0 saturated heterocycles. The molecular weight excluding hydrogens is 245 g/mol. The van der Waals surface area contributed by atoms with E-state index in [1.54, 1.807) is 12.1 Å². The Morgan fingerprint density at radius 1 is 1.24 bits per heavy atom. The van der Waals surface area contributed by atoms with Gasteiger partial charge in [0.05, 0.1) is 0 Å². The van der Waals surface area contributed by atoms with Crippen LogP contribution in [0, 0.1) is 11.8 Å². The zero-order chi connectivity index (χ0) is 12.9. The number of rotatable bonds is 2. The lowest BCUT2D eigenvalue weighted by molar-refractivity contribution is -0.0328. The Hall–Kier alpha value is -1.08. The van der Waals surface area contributed by atoms with Gasteiger partial charge in [-0.25, -0.2) is 0 Å². The van der Waals surface area contributed by atoms with E-state index in [4.69, 9.17) is 0 Å². The molecule has 0 N–H and O–H groups in total. The van der Waals surface area contributed by atoms with Crippen molar-refractivity contribution in [2.24, 2.45) is 0 Å². The third-order valence-electron chi connectivity index (χ3n) is 2.08. The Labute approximate surface area is 104 Å². The van der Waals surface area contributed by atoms with Gasteiger partial charge in [0, 0.05) is 16.9 Å². The van der Waals surface area contributed by atoms with Gasteiger partial charge in [0.25, 0.3) is 0 Å². The molecule has 0 aromatic heterocycles. The van der Waals surface area contributed by atoms with Crippen molar-refractivity contribution < 1.29 is 13.2 Å². The molecule has 0 heterocycles. The molecule has 1 aromatic rings. The third kappa shape index (κ3) is 4.74. The second kappa shape index (κ2) is 6.02. The molecule has 0 aliphatic heterocycles. The highest BCUT2D eigenvalue weighted by atomic mass is 32.2. The highest BCUT2D eigenvalue weighted by Crippen LogP contribution is 2.38. The molecule has 17 heavy (non-hydrogen) atoms. The third-order valence-corrected chi connectivity index (χ3v) is 2.89. The van der Waals surface area contributed by atoms with Gasteiger partial charge in [-0.2, -0.15) is 13.2 Å². The van der Waals surface area contributed by atoms with Crippen LogP contribution in [0.3, 0.4) is 0 Å². The Bertz CT molecular complexity index is 438. The lowest BCUT2D eigenvalue weighted by Gasteiger charge is -2.08. The van der Waals surface area contributed by atoms with Gasteiger partial charge >= 0.3 is 5.51 Å². The van der Waals surface area contributed by atoms with Crippen molar-refractivity contribution in [2.45, 2.75) is 37.1 Å². The molecule has 0 fully saturated rings. The quantitative estimate of drug-likeness (QED) is 0.551. The van der Waals surface area contributed by atoms with Crippen molar-refractivity contribution in [2.75, 3.05) is 0 Å². The summed E-state index contributed by atoms with van der Waals surface area (Å²) in [5.74, 6) is 5.60. The van der Waals surface area contributed by atoms with E-state index in [1.165, 1.54) is 6.07 Å². The molecule has 0 unspecified atom stereocenters. The number of benzene rings is 1. The maximum absolute atomic E-state index is 12.3. The molecule has 92 valence electrons. The fraction of sp³-hybridized carbons (Fsp3) is 0.385. The molecule has 0 amide bonds. The average molecular weight is 258 g/mol. The summed E-state index contributed by atoms with van der Waals surface area (Å²) in [5, 5.41) is 0. The first kappa shape index (κ1) is 14.0. The van der Waals surface area contributed by atoms with Gasteiger partial charge in [-0.1, -0.05) is 31.8 Å². The average Bonchev–Trinajstić information content (AvgIpc) is 2.26. The fourth-order valence-electron chi connectivity index (χ4n) is 1.29.